The third-order valence-electron chi connectivity index (χ3n) is 3.06. The van der Waals surface area contributed by atoms with Gasteiger partial charge in [-0.05, 0) is 36.4 Å². The summed E-state index contributed by atoms with van der Waals surface area (Å²) in [5.41, 5.74) is 1.90. The predicted octanol–water partition coefficient (Wildman–Crippen LogP) is 3.30. The van der Waals surface area contributed by atoms with Crippen LogP contribution < -0.4 is 5.32 Å². The van der Waals surface area contributed by atoms with Gasteiger partial charge in [0, 0.05) is 5.69 Å². The van der Waals surface area contributed by atoms with E-state index in [-0.39, 0.29) is 17.3 Å². The van der Waals surface area contributed by atoms with Gasteiger partial charge in [-0.2, -0.15) is 0 Å². The molecular formula is C16H12FN3O2. The summed E-state index contributed by atoms with van der Waals surface area (Å²) >= 11 is 0. The van der Waals surface area contributed by atoms with Gasteiger partial charge in [-0.3, -0.25) is 0 Å². The quantitative estimate of drug-likeness (QED) is 0.751. The number of rotatable bonds is 3. The largest absolute Gasteiger partial charge is 0.464 e. The van der Waals surface area contributed by atoms with Crippen molar-refractivity contribution >= 4 is 28.5 Å². The summed E-state index contributed by atoms with van der Waals surface area (Å²) in [4.78, 5) is 20.6. The van der Waals surface area contributed by atoms with Crippen molar-refractivity contribution in [1.29, 1.82) is 0 Å². The maximum atomic E-state index is 13.0. The molecule has 0 fully saturated rings. The van der Waals surface area contributed by atoms with E-state index in [0.29, 0.717) is 16.7 Å². The Morgan fingerprint density at radius 3 is 2.32 bits per heavy atom. The molecule has 3 rings (SSSR count). The number of anilines is 2. The molecule has 0 aliphatic rings. The van der Waals surface area contributed by atoms with Crippen LogP contribution in [0.1, 0.15) is 10.5 Å². The van der Waals surface area contributed by atoms with Crippen LogP contribution in [0.4, 0.5) is 15.9 Å². The molecule has 5 nitrogen and oxygen atoms in total. The lowest BCUT2D eigenvalue weighted by Crippen LogP contribution is -2.10. The summed E-state index contributed by atoms with van der Waals surface area (Å²) in [7, 11) is 1.28. The number of methoxy groups -OCH3 is 1. The highest BCUT2D eigenvalue weighted by Gasteiger charge is 2.17. The maximum Gasteiger partial charge on any atom is 0.360 e. The van der Waals surface area contributed by atoms with E-state index in [1.807, 2.05) is 12.1 Å². The van der Waals surface area contributed by atoms with Crippen LogP contribution in [0.15, 0.2) is 48.5 Å². The van der Waals surface area contributed by atoms with Crippen molar-refractivity contribution < 1.29 is 13.9 Å². The SMILES string of the molecule is COC(=O)c1nc2ccccc2nc1Nc1ccc(F)cc1. The molecule has 3 aromatic rings. The summed E-state index contributed by atoms with van der Waals surface area (Å²) < 4.78 is 17.7. The summed E-state index contributed by atoms with van der Waals surface area (Å²) in [6.07, 6.45) is 0. The van der Waals surface area contributed by atoms with E-state index in [4.69, 9.17) is 4.74 Å². The Morgan fingerprint density at radius 2 is 1.68 bits per heavy atom. The number of ether oxygens (including phenoxy) is 1. The number of para-hydroxylation sites is 2. The van der Waals surface area contributed by atoms with Crippen molar-refractivity contribution in [1.82, 2.24) is 9.97 Å². The molecule has 0 atom stereocenters. The molecule has 0 saturated heterocycles. The highest BCUT2D eigenvalue weighted by Crippen LogP contribution is 2.21. The first-order valence-corrected chi connectivity index (χ1v) is 6.55. The van der Waals surface area contributed by atoms with E-state index in [9.17, 15) is 9.18 Å². The smallest absolute Gasteiger partial charge is 0.360 e. The third kappa shape index (κ3) is 2.71. The molecule has 6 heteroatoms. The van der Waals surface area contributed by atoms with E-state index in [1.165, 1.54) is 19.2 Å². The lowest BCUT2D eigenvalue weighted by atomic mass is 10.2. The molecule has 0 aliphatic carbocycles. The average molecular weight is 297 g/mol. The molecule has 2 aromatic carbocycles. The maximum absolute atomic E-state index is 13.0. The highest BCUT2D eigenvalue weighted by atomic mass is 19.1. The van der Waals surface area contributed by atoms with E-state index >= 15 is 0 Å². The van der Waals surface area contributed by atoms with Crippen LogP contribution >= 0.6 is 0 Å². The minimum Gasteiger partial charge on any atom is -0.464 e. The molecule has 1 aromatic heterocycles. The van der Waals surface area contributed by atoms with Crippen molar-refractivity contribution in [3.05, 3.63) is 60.0 Å². The van der Waals surface area contributed by atoms with Gasteiger partial charge in [0.2, 0.25) is 0 Å². The first-order valence-electron chi connectivity index (χ1n) is 6.55. The lowest BCUT2D eigenvalue weighted by molar-refractivity contribution is 0.0595. The number of fused-ring (bicyclic) bond motifs is 1. The fraction of sp³-hybridized carbons (Fsp3) is 0.0625. The summed E-state index contributed by atoms with van der Waals surface area (Å²) in [6.45, 7) is 0. The fourth-order valence-corrected chi connectivity index (χ4v) is 2.00. The van der Waals surface area contributed by atoms with Gasteiger partial charge in [-0.15, -0.1) is 0 Å². The molecule has 0 spiro atoms. The molecular weight excluding hydrogens is 285 g/mol. The zero-order valence-corrected chi connectivity index (χ0v) is 11.7. The minimum atomic E-state index is -0.595. The summed E-state index contributed by atoms with van der Waals surface area (Å²) in [5, 5.41) is 2.97. The van der Waals surface area contributed by atoms with Crippen LogP contribution in [0.2, 0.25) is 0 Å². The minimum absolute atomic E-state index is 0.0746. The van der Waals surface area contributed by atoms with Crippen LogP contribution in [-0.4, -0.2) is 23.0 Å². The van der Waals surface area contributed by atoms with Crippen molar-refractivity contribution in [2.75, 3.05) is 12.4 Å². The fourth-order valence-electron chi connectivity index (χ4n) is 2.00. The molecule has 0 bridgehead atoms. The van der Waals surface area contributed by atoms with Gasteiger partial charge in [0.05, 0.1) is 18.1 Å². The molecule has 110 valence electrons. The van der Waals surface area contributed by atoms with E-state index in [0.717, 1.165) is 0 Å². The normalized spacial score (nSPS) is 10.5. The molecule has 0 radical (unpaired) electrons. The number of hydrogen-bond donors (Lipinski definition) is 1. The number of nitrogens with zero attached hydrogens (tertiary/aromatic N) is 2. The molecule has 0 saturated carbocycles. The number of esters is 1. The average Bonchev–Trinajstić information content (AvgIpc) is 2.55. The van der Waals surface area contributed by atoms with Gasteiger partial charge in [-0.25, -0.2) is 19.2 Å². The number of nitrogens with one attached hydrogen (secondary N) is 1. The number of benzene rings is 2. The second-order valence-electron chi connectivity index (χ2n) is 4.53. The van der Waals surface area contributed by atoms with Gasteiger partial charge in [0.25, 0.3) is 0 Å². The summed E-state index contributed by atoms with van der Waals surface area (Å²) in [5.74, 6) is -0.677. The Hall–Kier alpha value is -3.02. The van der Waals surface area contributed by atoms with E-state index < -0.39 is 5.97 Å². The second-order valence-corrected chi connectivity index (χ2v) is 4.53. The van der Waals surface area contributed by atoms with Gasteiger partial charge >= 0.3 is 5.97 Å². The molecule has 22 heavy (non-hydrogen) atoms. The second kappa shape index (κ2) is 5.77. The standard InChI is InChI=1S/C16H12FN3O2/c1-22-16(21)14-15(18-11-8-6-10(17)7-9-11)20-13-5-3-2-4-12(13)19-14/h2-9H,1H3,(H,18,20). The van der Waals surface area contributed by atoms with Gasteiger partial charge in [0.15, 0.2) is 11.5 Å². The Labute approximate surface area is 125 Å². The van der Waals surface area contributed by atoms with E-state index in [2.05, 4.69) is 15.3 Å². The molecule has 0 aliphatic heterocycles. The van der Waals surface area contributed by atoms with Crippen LogP contribution in [0.5, 0.6) is 0 Å². The van der Waals surface area contributed by atoms with E-state index in [1.54, 1.807) is 24.3 Å². The first-order chi connectivity index (χ1) is 10.7. The molecule has 0 amide bonds. The number of halogens is 1. The van der Waals surface area contributed by atoms with Crippen LogP contribution in [0.25, 0.3) is 11.0 Å². The van der Waals surface area contributed by atoms with Crippen molar-refractivity contribution in [3.8, 4) is 0 Å². The first kappa shape index (κ1) is 13.9. The molecule has 1 N–H and O–H groups in total. The topological polar surface area (TPSA) is 64.1 Å². The Bertz CT molecular complexity index is 834. The van der Waals surface area contributed by atoms with Crippen molar-refractivity contribution in [2.24, 2.45) is 0 Å². The summed E-state index contributed by atoms with van der Waals surface area (Å²) in [6, 6.07) is 12.9. The third-order valence-corrected chi connectivity index (χ3v) is 3.06. The zero-order chi connectivity index (χ0) is 15.5. The van der Waals surface area contributed by atoms with Crippen molar-refractivity contribution in [2.45, 2.75) is 0 Å². The van der Waals surface area contributed by atoms with Crippen LogP contribution in [0.3, 0.4) is 0 Å². The Morgan fingerprint density at radius 1 is 1.05 bits per heavy atom. The van der Waals surface area contributed by atoms with Crippen LogP contribution in [0, 0.1) is 5.82 Å². The number of carbonyl (C=O) groups is 1. The zero-order valence-electron chi connectivity index (χ0n) is 11.7. The van der Waals surface area contributed by atoms with Gasteiger partial charge in [0.1, 0.15) is 5.82 Å². The predicted molar refractivity (Wildman–Crippen MR) is 80.6 cm³/mol. The number of aromatic nitrogens is 2. The highest BCUT2D eigenvalue weighted by molar-refractivity contribution is 5.95. The molecule has 1 heterocycles. The van der Waals surface area contributed by atoms with Crippen molar-refractivity contribution in [3.63, 3.8) is 0 Å². The monoisotopic (exact) mass is 297 g/mol. The lowest BCUT2D eigenvalue weighted by Gasteiger charge is -2.10. The number of carbonyl (C=O) groups excluding carboxylic acids is 1. The van der Waals surface area contributed by atoms with Crippen LogP contribution in [-0.2, 0) is 4.74 Å². The van der Waals surface area contributed by atoms with Gasteiger partial charge < -0.3 is 10.1 Å². The molecule has 0 unspecified atom stereocenters. The Balaban J connectivity index is 2.09. The van der Waals surface area contributed by atoms with Gasteiger partial charge in [-0.1, -0.05) is 12.1 Å². The Kier molecular flexibility index (Phi) is 3.65. The number of hydrogen-bond acceptors (Lipinski definition) is 5.